The van der Waals surface area contributed by atoms with E-state index in [1.165, 1.54) is 6.07 Å². The van der Waals surface area contributed by atoms with Crippen LogP contribution in [-0.4, -0.2) is 37.4 Å². The van der Waals surface area contributed by atoms with Gasteiger partial charge in [0.05, 0.1) is 38.5 Å². The van der Waals surface area contributed by atoms with E-state index in [0.29, 0.717) is 38.7 Å². The van der Waals surface area contributed by atoms with Crippen LogP contribution < -0.4 is 5.32 Å². The molecule has 0 bridgehead atoms. The van der Waals surface area contributed by atoms with Gasteiger partial charge in [-0.3, -0.25) is 10.1 Å². The normalized spacial score (nSPS) is 20.4. The molecule has 1 unspecified atom stereocenters. The van der Waals surface area contributed by atoms with E-state index < -0.39 is 4.92 Å². The molecule has 1 aliphatic rings. The lowest BCUT2D eigenvalue weighted by atomic mass is 10.3. The Balaban J connectivity index is 1.71. The minimum atomic E-state index is -0.554. The van der Waals surface area contributed by atoms with Gasteiger partial charge in [-0.2, -0.15) is 0 Å². The monoisotopic (exact) mass is 242 g/mol. The van der Waals surface area contributed by atoms with Crippen molar-refractivity contribution in [1.29, 1.82) is 0 Å². The molecular formula is C10H14N2O5. The van der Waals surface area contributed by atoms with Crippen LogP contribution >= 0.6 is 0 Å². The van der Waals surface area contributed by atoms with Crippen molar-refractivity contribution >= 4 is 5.88 Å². The number of furan rings is 1. The average molecular weight is 242 g/mol. The summed E-state index contributed by atoms with van der Waals surface area (Å²) in [5.74, 6) is 0.299. The van der Waals surface area contributed by atoms with Crippen molar-refractivity contribution in [3.05, 3.63) is 28.0 Å². The number of nitrogens with zero attached hydrogens (tertiary/aromatic N) is 1. The molecule has 94 valence electrons. The molecule has 0 amide bonds. The minimum Gasteiger partial charge on any atom is -0.404 e. The van der Waals surface area contributed by atoms with Gasteiger partial charge in [-0.1, -0.05) is 0 Å². The molecule has 0 radical (unpaired) electrons. The van der Waals surface area contributed by atoms with Crippen molar-refractivity contribution in [2.24, 2.45) is 0 Å². The van der Waals surface area contributed by atoms with Gasteiger partial charge in [0.1, 0.15) is 10.7 Å². The lowest BCUT2D eigenvalue weighted by molar-refractivity contribution is -0.402. The third-order valence-corrected chi connectivity index (χ3v) is 2.38. The van der Waals surface area contributed by atoms with Crippen LogP contribution in [0.1, 0.15) is 5.76 Å². The Kier molecular flexibility index (Phi) is 4.08. The molecule has 1 fully saturated rings. The zero-order valence-electron chi connectivity index (χ0n) is 9.26. The van der Waals surface area contributed by atoms with Gasteiger partial charge in [0.15, 0.2) is 0 Å². The Hall–Kier alpha value is -1.44. The lowest BCUT2D eigenvalue weighted by Gasteiger charge is -2.22. The third kappa shape index (κ3) is 3.52. The maximum absolute atomic E-state index is 10.4. The number of nitro groups is 1. The number of ether oxygens (including phenoxy) is 2. The van der Waals surface area contributed by atoms with Crippen molar-refractivity contribution in [2.75, 3.05) is 26.4 Å². The van der Waals surface area contributed by atoms with Crippen LogP contribution in [0.5, 0.6) is 0 Å². The second-order valence-electron chi connectivity index (χ2n) is 3.70. The smallest absolute Gasteiger partial charge is 0.404 e. The Morgan fingerprint density at radius 1 is 1.47 bits per heavy atom. The van der Waals surface area contributed by atoms with E-state index in [0.717, 1.165) is 0 Å². The van der Waals surface area contributed by atoms with Crippen LogP contribution in [-0.2, 0) is 16.0 Å². The lowest BCUT2D eigenvalue weighted by Crippen LogP contribution is -2.37. The Morgan fingerprint density at radius 2 is 2.35 bits per heavy atom. The van der Waals surface area contributed by atoms with Crippen molar-refractivity contribution in [1.82, 2.24) is 5.32 Å². The van der Waals surface area contributed by atoms with Crippen LogP contribution in [0.25, 0.3) is 0 Å². The molecule has 1 atom stereocenters. The molecule has 1 aliphatic heterocycles. The molecule has 1 aromatic rings. The predicted molar refractivity (Wildman–Crippen MR) is 57.6 cm³/mol. The highest BCUT2D eigenvalue weighted by Crippen LogP contribution is 2.15. The first-order chi connectivity index (χ1) is 8.25. The fourth-order valence-electron chi connectivity index (χ4n) is 1.57. The highest BCUT2D eigenvalue weighted by molar-refractivity contribution is 5.17. The van der Waals surface area contributed by atoms with Gasteiger partial charge in [0.25, 0.3) is 0 Å². The molecule has 0 aromatic carbocycles. The fraction of sp³-hybridized carbons (Fsp3) is 0.600. The molecule has 7 heteroatoms. The van der Waals surface area contributed by atoms with E-state index in [4.69, 9.17) is 13.9 Å². The van der Waals surface area contributed by atoms with Crippen LogP contribution in [0.2, 0.25) is 0 Å². The first-order valence-electron chi connectivity index (χ1n) is 5.39. The molecule has 0 saturated carbocycles. The predicted octanol–water partition coefficient (Wildman–Crippen LogP) is 0.693. The summed E-state index contributed by atoms with van der Waals surface area (Å²) in [7, 11) is 0. The molecule has 7 nitrogen and oxygen atoms in total. The Bertz CT molecular complexity index is 373. The molecule has 17 heavy (non-hydrogen) atoms. The molecule has 0 aliphatic carbocycles. The fourth-order valence-corrected chi connectivity index (χ4v) is 1.57. The van der Waals surface area contributed by atoms with Crippen molar-refractivity contribution in [3.8, 4) is 0 Å². The number of nitrogens with one attached hydrogen (secondary N) is 1. The first-order valence-corrected chi connectivity index (χ1v) is 5.39. The maximum atomic E-state index is 10.4. The average Bonchev–Trinajstić information content (AvgIpc) is 2.79. The first kappa shape index (κ1) is 12.0. The summed E-state index contributed by atoms with van der Waals surface area (Å²) in [6.07, 6.45) is 0.0358. The molecule has 1 saturated heterocycles. The van der Waals surface area contributed by atoms with Crippen molar-refractivity contribution < 1.29 is 18.8 Å². The number of rotatable bonds is 5. The number of hydrogen-bond donors (Lipinski definition) is 1. The van der Waals surface area contributed by atoms with Gasteiger partial charge >= 0.3 is 5.88 Å². The van der Waals surface area contributed by atoms with Crippen LogP contribution in [0.3, 0.4) is 0 Å². The zero-order valence-corrected chi connectivity index (χ0v) is 9.26. The largest absolute Gasteiger partial charge is 0.433 e. The SMILES string of the molecule is O=[N+]([O-])c1ccc(CNCC2COCCO2)o1. The van der Waals surface area contributed by atoms with Gasteiger partial charge < -0.3 is 19.2 Å². The van der Waals surface area contributed by atoms with E-state index in [1.54, 1.807) is 6.07 Å². The van der Waals surface area contributed by atoms with Crippen LogP contribution in [0.15, 0.2) is 16.5 Å². The van der Waals surface area contributed by atoms with E-state index in [2.05, 4.69) is 5.32 Å². The standard InChI is InChI=1S/C10H14N2O5/c13-12(14)10-2-1-8(17-10)5-11-6-9-7-15-3-4-16-9/h1-2,9,11H,3-7H2. The topological polar surface area (TPSA) is 86.8 Å². The molecule has 0 spiro atoms. The molecule has 2 rings (SSSR count). The summed E-state index contributed by atoms with van der Waals surface area (Å²) in [6.45, 7) is 2.90. The van der Waals surface area contributed by atoms with Gasteiger partial charge in [0.2, 0.25) is 0 Å². The van der Waals surface area contributed by atoms with Crippen LogP contribution in [0.4, 0.5) is 5.88 Å². The quantitative estimate of drug-likeness (QED) is 0.604. The zero-order chi connectivity index (χ0) is 12.1. The van der Waals surface area contributed by atoms with E-state index in [1.807, 2.05) is 0 Å². The summed E-state index contributed by atoms with van der Waals surface area (Å²) in [6, 6.07) is 2.93. The molecule has 2 heterocycles. The van der Waals surface area contributed by atoms with Gasteiger partial charge in [-0.15, -0.1) is 0 Å². The van der Waals surface area contributed by atoms with Gasteiger partial charge in [-0.25, -0.2) is 0 Å². The third-order valence-electron chi connectivity index (χ3n) is 2.38. The van der Waals surface area contributed by atoms with Gasteiger partial charge in [0, 0.05) is 6.54 Å². The summed E-state index contributed by atoms with van der Waals surface area (Å²) in [5, 5.41) is 13.5. The molecule has 1 aromatic heterocycles. The van der Waals surface area contributed by atoms with E-state index in [-0.39, 0.29) is 12.0 Å². The minimum absolute atomic E-state index is 0.0358. The Morgan fingerprint density at radius 3 is 3.00 bits per heavy atom. The van der Waals surface area contributed by atoms with E-state index in [9.17, 15) is 10.1 Å². The van der Waals surface area contributed by atoms with Crippen molar-refractivity contribution in [2.45, 2.75) is 12.6 Å². The number of hydrogen-bond acceptors (Lipinski definition) is 6. The van der Waals surface area contributed by atoms with E-state index >= 15 is 0 Å². The molecular weight excluding hydrogens is 228 g/mol. The highest BCUT2D eigenvalue weighted by atomic mass is 16.6. The summed E-state index contributed by atoms with van der Waals surface area (Å²) in [4.78, 5) is 9.84. The second-order valence-corrected chi connectivity index (χ2v) is 3.70. The summed E-state index contributed by atoms with van der Waals surface area (Å²) >= 11 is 0. The highest BCUT2D eigenvalue weighted by Gasteiger charge is 2.15. The maximum Gasteiger partial charge on any atom is 0.433 e. The van der Waals surface area contributed by atoms with Gasteiger partial charge in [-0.05, 0) is 6.07 Å². The van der Waals surface area contributed by atoms with Crippen molar-refractivity contribution in [3.63, 3.8) is 0 Å². The summed E-state index contributed by atoms with van der Waals surface area (Å²) < 4.78 is 15.7. The molecule has 1 N–H and O–H groups in total. The van der Waals surface area contributed by atoms with Crippen LogP contribution in [0, 0.1) is 10.1 Å². The summed E-state index contributed by atoms with van der Waals surface area (Å²) in [5.41, 5.74) is 0. The Labute approximate surface area is 97.8 Å². The second kappa shape index (κ2) is 5.76.